The van der Waals surface area contributed by atoms with Gasteiger partial charge in [-0.2, -0.15) is 0 Å². The molecule has 5 nitrogen and oxygen atoms in total. The lowest BCUT2D eigenvalue weighted by molar-refractivity contribution is -0.137. The molecule has 0 aliphatic rings. The van der Waals surface area contributed by atoms with Crippen LogP contribution in [0.25, 0.3) is 0 Å². The van der Waals surface area contributed by atoms with Gasteiger partial charge in [-0.15, -0.1) is 0 Å². The van der Waals surface area contributed by atoms with Crippen molar-refractivity contribution >= 4 is 11.9 Å². The fraction of sp³-hybridized carbons (Fsp3) is 0.818. The highest BCUT2D eigenvalue weighted by Crippen LogP contribution is 2.05. The Morgan fingerprint density at radius 3 is 2.31 bits per heavy atom. The number of amides is 1. The standard InChI is InChI=1S/C11H22N2O3/c1-3-8(4-2)7-13-11(16)9(12)5-6-10(14)15/h8-9H,3-7,12H2,1-2H3,(H,13,16)(H,14,15). The maximum absolute atomic E-state index is 11.5. The average molecular weight is 230 g/mol. The molecule has 16 heavy (non-hydrogen) atoms. The molecule has 0 aliphatic carbocycles. The smallest absolute Gasteiger partial charge is 0.303 e. The molecule has 1 atom stereocenters. The first-order valence-corrected chi connectivity index (χ1v) is 5.76. The van der Waals surface area contributed by atoms with Crippen molar-refractivity contribution in [3.8, 4) is 0 Å². The van der Waals surface area contributed by atoms with Gasteiger partial charge < -0.3 is 16.2 Å². The first-order chi connectivity index (χ1) is 7.51. The SMILES string of the molecule is CCC(CC)CNC(=O)C(N)CCC(=O)O. The van der Waals surface area contributed by atoms with Crippen LogP contribution in [-0.4, -0.2) is 29.6 Å². The summed E-state index contributed by atoms with van der Waals surface area (Å²) in [6, 6.07) is -0.717. The second-order valence-corrected chi connectivity index (χ2v) is 3.97. The van der Waals surface area contributed by atoms with Gasteiger partial charge in [0.2, 0.25) is 5.91 Å². The van der Waals surface area contributed by atoms with Crippen LogP contribution >= 0.6 is 0 Å². The fourth-order valence-corrected chi connectivity index (χ4v) is 1.36. The molecule has 0 aromatic carbocycles. The number of hydrogen-bond acceptors (Lipinski definition) is 3. The molecule has 0 radical (unpaired) electrons. The van der Waals surface area contributed by atoms with E-state index in [1.54, 1.807) is 0 Å². The molecule has 0 saturated carbocycles. The average Bonchev–Trinajstić information content (AvgIpc) is 2.26. The summed E-state index contributed by atoms with van der Waals surface area (Å²) in [6.07, 6.45) is 2.14. The van der Waals surface area contributed by atoms with Gasteiger partial charge in [0.15, 0.2) is 0 Å². The van der Waals surface area contributed by atoms with E-state index < -0.39 is 12.0 Å². The van der Waals surface area contributed by atoms with Crippen LogP contribution in [0.1, 0.15) is 39.5 Å². The summed E-state index contributed by atoms with van der Waals surface area (Å²) in [5.41, 5.74) is 5.56. The molecule has 0 aromatic heterocycles. The largest absolute Gasteiger partial charge is 0.481 e. The molecule has 0 spiro atoms. The Hall–Kier alpha value is -1.10. The highest BCUT2D eigenvalue weighted by molar-refractivity contribution is 5.82. The molecule has 94 valence electrons. The quantitative estimate of drug-likeness (QED) is 0.573. The van der Waals surface area contributed by atoms with E-state index in [4.69, 9.17) is 10.8 Å². The van der Waals surface area contributed by atoms with E-state index in [9.17, 15) is 9.59 Å². The number of carboxylic acids is 1. The Kier molecular flexibility index (Phi) is 7.54. The zero-order valence-electron chi connectivity index (χ0n) is 10.0. The molecule has 0 rings (SSSR count). The third-order valence-corrected chi connectivity index (χ3v) is 2.73. The lowest BCUT2D eigenvalue weighted by atomic mass is 10.0. The second-order valence-electron chi connectivity index (χ2n) is 3.97. The number of nitrogens with one attached hydrogen (secondary N) is 1. The van der Waals surface area contributed by atoms with Crippen molar-refractivity contribution < 1.29 is 14.7 Å². The summed E-state index contributed by atoms with van der Waals surface area (Å²) in [4.78, 5) is 21.8. The first-order valence-electron chi connectivity index (χ1n) is 5.76. The Labute approximate surface area is 96.4 Å². The van der Waals surface area contributed by atoms with Gasteiger partial charge in [-0.25, -0.2) is 0 Å². The van der Waals surface area contributed by atoms with E-state index in [0.29, 0.717) is 12.5 Å². The predicted molar refractivity (Wildman–Crippen MR) is 61.9 cm³/mol. The number of aliphatic carboxylic acids is 1. The normalized spacial score (nSPS) is 12.5. The topological polar surface area (TPSA) is 92.4 Å². The molecular weight excluding hydrogens is 208 g/mol. The molecule has 0 aromatic rings. The van der Waals surface area contributed by atoms with Crippen molar-refractivity contribution in [1.29, 1.82) is 0 Å². The van der Waals surface area contributed by atoms with Crippen molar-refractivity contribution in [2.75, 3.05) is 6.54 Å². The van der Waals surface area contributed by atoms with Crippen molar-refractivity contribution in [2.45, 2.75) is 45.6 Å². The van der Waals surface area contributed by atoms with E-state index in [0.717, 1.165) is 12.8 Å². The third-order valence-electron chi connectivity index (χ3n) is 2.73. The Morgan fingerprint density at radius 1 is 1.31 bits per heavy atom. The summed E-state index contributed by atoms with van der Waals surface area (Å²) in [5, 5.41) is 11.2. The lowest BCUT2D eigenvalue weighted by Gasteiger charge is -2.15. The lowest BCUT2D eigenvalue weighted by Crippen LogP contribution is -2.42. The minimum Gasteiger partial charge on any atom is -0.481 e. The molecule has 0 heterocycles. The first kappa shape index (κ1) is 14.9. The van der Waals surface area contributed by atoms with Crippen LogP contribution in [0, 0.1) is 5.92 Å². The van der Waals surface area contributed by atoms with E-state index in [1.807, 2.05) is 0 Å². The predicted octanol–water partition coefficient (Wildman–Crippen LogP) is 0.731. The summed E-state index contributed by atoms with van der Waals surface area (Å²) in [6.45, 7) is 4.77. The minimum atomic E-state index is -0.928. The molecule has 0 aliphatic heterocycles. The van der Waals surface area contributed by atoms with Crippen LogP contribution in [0.5, 0.6) is 0 Å². The molecule has 0 saturated heterocycles. The van der Waals surface area contributed by atoms with Crippen LogP contribution in [0.15, 0.2) is 0 Å². The maximum atomic E-state index is 11.5. The van der Waals surface area contributed by atoms with Gasteiger partial charge in [-0.3, -0.25) is 9.59 Å². The van der Waals surface area contributed by atoms with Gasteiger partial charge in [-0.1, -0.05) is 26.7 Å². The van der Waals surface area contributed by atoms with Gasteiger partial charge in [0.25, 0.3) is 0 Å². The van der Waals surface area contributed by atoms with Gasteiger partial charge in [0.1, 0.15) is 0 Å². The summed E-state index contributed by atoms with van der Waals surface area (Å²) < 4.78 is 0. The number of carbonyl (C=O) groups excluding carboxylic acids is 1. The summed E-state index contributed by atoms with van der Waals surface area (Å²) in [7, 11) is 0. The second kappa shape index (κ2) is 8.10. The van der Waals surface area contributed by atoms with Gasteiger partial charge >= 0.3 is 5.97 Å². The molecule has 4 N–H and O–H groups in total. The monoisotopic (exact) mass is 230 g/mol. The Bertz CT molecular complexity index is 227. The van der Waals surface area contributed by atoms with Crippen molar-refractivity contribution in [3.05, 3.63) is 0 Å². The van der Waals surface area contributed by atoms with Crippen LogP contribution in [-0.2, 0) is 9.59 Å². The maximum Gasteiger partial charge on any atom is 0.303 e. The zero-order valence-corrected chi connectivity index (χ0v) is 10.0. The van der Waals surface area contributed by atoms with Gasteiger partial charge in [-0.05, 0) is 12.3 Å². The van der Waals surface area contributed by atoms with Crippen molar-refractivity contribution in [2.24, 2.45) is 11.7 Å². The van der Waals surface area contributed by atoms with Crippen LogP contribution in [0.4, 0.5) is 0 Å². The third kappa shape index (κ3) is 6.40. The van der Waals surface area contributed by atoms with Crippen LogP contribution < -0.4 is 11.1 Å². The van der Waals surface area contributed by atoms with Crippen molar-refractivity contribution in [3.63, 3.8) is 0 Å². The molecule has 5 heteroatoms. The Morgan fingerprint density at radius 2 is 1.88 bits per heavy atom. The molecular formula is C11H22N2O3. The highest BCUT2D eigenvalue weighted by Gasteiger charge is 2.15. The highest BCUT2D eigenvalue weighted by atomic mass is 16.4. The van der Waals surface area contributed by atoms with E-state index in [2.05, 4.69) is 19.2 Å². The van der Waals surface area contributed by atoms with Gasteiger partial charge in [0.05, 0.1) is 6.04 Å². The number of hydrogen-bond donors (Lipinski definition) is 3. The molecule has 0 bridgehead atoms. The number of nitrogens with two attached hydrogens (primary N) is 1. The zero-order chi connectivity index (χ0) is 12.6. The number of rotatable bonds is 8. The summed E-state index contributed by atoms with van der Waals surface area (Å²) >= 11 is 0. The van der Waals surface area contributed by atoms with Crippen LogP contribution in [0.3, 0.4) is 0 Å². The fourth-order valence-electron chi connectivity index (χ4n) is 1.36. The van der Waals surface area contributed by atoms with Crippen molar-refractivity contribution in [1.82, 2.24) is 5.32 Å². The molecule has 1 unspecified atom stereocenters. The van der Waals surface area contributed by atoms with E-state index >= 15 is 0 Å². The minimum absolute atomic E-state index is 0.0699. The van der Waals surface area contributed by atoms with E-state index in [1.165, 1.54) is 0 Å². The molecule has 1 amide bonds. The number of carbonyl (C=O) groups is 2. The van der Waals surface area contributed by atoms with Gasteiger partial charge in [0, 0.05) is 13.0 Å². The van der Waals surface area contributed by atoms with Crippen LogP contribution in [0.2, 0.25) is 0 Å². The molecule has 0 fully saturated rings. The summed E-state index contributed by atoms with van der Waals surface area (Å²) in [5.74, 6) is -0.716. The number of carboxylic acid groups (broad SMARTS) is 1. The van der Waals surface area contributed by atoms with E-state index in [-0.39, 0.29) is 18.7 Å². The Balaban J connectivity index is 3.82.